The van der Waals surface area contributed by atoms with Crippen LogP contribution in [-0.2, 0) is 6.42 Å². The number of aryl methyl sites for hydroxylation is 1. The fourth-order valence-corrected chi connectivity index (χ4v) is 4.40. The Morgan fingerprint density at radius 3 is 2.35 bits per heavy atom. The summed E-state index contributed by atoms with van der Waals surface area (Å²) in [5.74, 6) is 0.680. The Labute approximate surface area is 204 Å². The number of hydrogen-bond donors (Lipinski definition) is 0. The maximum absolute atomic E-state index is 6.11. The van der Waals surface area contributed by atoms with Crippen molar-refractivity contribution in [1.29, 1.82) is 0 Å². The molecule has 0 amide bonds. The van der Waals surface area contributed by atoms with Crippen molar-refractivity contribution in [3.05, 3.63) is 113 Å². The van der Waals surface area contributed by atoms with E-state index in [1.54, 1.807) is 7.11 Å². The third-order valence-corrected chi connectivity index (χ3v) is 6.10. The zero-order valence-corrected chi connectivity index (χ0v) is 20.2. The average Bonchev–Trinajstić information content (AvgIpc) is 2.86. The van der Waals surface area contributed by atoms with Gasteiger partial charge in [-0.1, -0.05) is 89.9 Å². The lowest BCUT2D eigenvalue weighted by atomic mass is 9.81. The van der Waals surface area contributed by atoms with E-state index in [-0.39, 0.29) is 5.92 Å². The molecule has 3 nitrogen and oxygen atoms in total. The number of ether oxygens (including phenoxy) is 1. The molecule has 0 aliphatic rings. The number of fused-ring (bicyclic) bond motifs is 1. The largest absolute Gasteiger partial charge is 0.481 e. The van der Waals surface area contributed by atoms with E-state index in [1.165, 1.54) is 16.7 Å². The van der Waals surface area contributed by atoms with Crippen LogP contribution in [0.1, 0.15) is 29.0 Å². The van der Waals surface area contributed by atoms with E-state index in [1.807, 2.05) is 18.2 Å². The number of methoxy groups -OCH3 is 1. The standard InChI is InChI=1S/C30H31BN2O/c1-33(2)19-18-24(15-14-22-10-6-4-7-11-22)29(23-12-8-5-9-13-23)27-21-25-20-26(31)16-17-28(25)32-30(27)34-3/h4-13,16-18,20-21,29H,14-15,19H2,1-3H3/b24-18+. The molecule has 4 rings (SSSR count). The molecule has 4 heteroatoms. The van der Waals surface area contributed by atoms with Crippen molar-refractivity contribution in [2.24, 2.45) is 0 Å². The lowest BCUT2D eigenvalue weighted by Crippen LogP contribution is -2.15. The number of allylic oxidation sites excluding steroid dienone is 1. The van der Waals surface area contributed by atoms with Gasteiger partial charge in [0.2, 0.25) is 5.88 Å². The molecule has 1 heterocycles. The molecule has 0 aliphatic heterocycles. The molecule has 1 unspecified atom stereocenters. The summed E-state index contributed by atoms with van der Waals surface area (Å²) in [5.41, 5.74) is 6.58. The highest BCUT2D eigenvalue weighted by atomic mass is 16.5. The SMILES string of the molecule is [B]c1ccc2nc(OC)c(C(/C(=C/CN(C)C)CCc3ccccc3)c3ccccc3)cc2c1. The van der Waals surface area contributed by atoms with Gasteiger partial charge in [0.1, 0.15) is 7.85 Å². The second-order valence-corrected chi connectivity index (χ2v) is 8.91. The molecule has 1 aromatic heterocycles. The highest BCUT2D eigenvalue weighted by molar-refractivity contribution is 6.33. The smallest absolute Gasteiger partial charge is 0.217 e. The molecule has 4 aromatic rings. The molecule has 1 atom stereocenters. The Kier molecular flexibility index (Phi) is 7.82. The van der Waals surface area contributed by atoms with Crippen LogP contribution in [0.5, 0.6) is 5.88 Å². The number of hydrogen-bond acceptors (Lipinski definition) is 3. The van der Waals surface area contributed by atoms with Crippen LogP contribution >= 0.6 is 0 Å². The Bertz CT molecular complexity index is 1250. The molecular weight excluding hydrogens is 415 g/mol. The Morgan fingerprint density at radius 2 is 1.68 bits per heavy atom. The normalized spacial score (nSPS) is 12.8. The van der Waals surface area contributed by atoms with Crippen molar-refractivity contribution >= 4 is 24.2 Å². The number of pyridine rings is 1. The summed E-state index contributed by atoms with van der Waals surface area (Å²) >= 11 is 0. The van der Waals surface area contributed by atoms with Gasteiger partial charge in [-0.25, -0.2) is 4.98 Å². The van der Waals surface area contributed by atoms with Crippen molar-refractivity contribution in [1.82, 2.24) is 9.88 Å². The highest BCUT2D eigenvalue weighted by Gasteiger charge is 2.24. The van der Waals surface area contributed by atoms with E-state index in [2.05, 4.69) is 91.8 Å². The summed E-state index contributed by atoms with van der Waals surface area (Å²) < 4.78 is 5.84. The van der Waals surface area contributed by atoms with Crippen molar-refractivity contribution in [2.45, 2.75) is 18.8 Å². The number of nitrogens with zero attached hydrogens (tertiary/aromatic N) is 2. The van der Waals surface area contributed by atoms with E-state index in [0.717, 1.165) is 41.3 Å². The fraction of sp³-hybridized carbons (Fsp3) is 0.233. The van der Waals surface area contributed by atoms with Crippen LogP contribution in [0.4, 0.5) is 0 Å². The summed E-state index contributed by atoms with van der Waals surface area (Å²) in [7, 11) is 12.0. The molecule has 34 heavy (non-hydrogen) atoms. The summed E-state index contributed by atoms with van der Waals surface area (Å²) in [6.45, 7) is 0.865. The van der Waals surface area contributed by atoms with E-state index in [4.69, 9.17) is 17.6 Å². The monoisotopic (exact) mass is 446 g/mol. The highest BCUT2D eigenvalue weighted by Crippen LogP contribution is 2.39. The van der Waals surface area contributed by atoms with Gasteiger partial charge in [0.25, 0.3) is 0 Å². The minimum absolute atomic E-state index is 0.0261. The van der Waals surface area contributed by atoms with Crippen molar-refractivity contribution in [3.63, 3.8) is 0 Å². The average molecular weight is 446 g/mol. The third-order valence-electron chi connectivity index (χ3n) is 6.10. The van der Waals surface area contributed by atoms with Gasteiger partial charge in [-0.2, -0.15) is 0 Å². The summed E-state index contributed by atoms with van der Waals surface area (Å²) in [6, 6.07) is 29.3. The molecule has 2 radical (unpaired) electrons. The van der Waals surface area contributed by atoms with Gasteiger partial charge in [0, 0.05) is 23.4 Å². The molecule has 0 saturated carbocycles. The third kappa shape index (κ3) is 5.76. The van der Waals surface area contributed by atoms with E-state index >= 15 is 0 Å². The Balaban J connectivity index is 1.85. The van der Waals surface area contributed by atoms with Gasteiger partial charge in [0.05, 0.1) is 12.6 Å². The number of aromatic nitrogens is 1. The molecule has 0 spiro atoms. The molecule has 0 bridgehead atoms. The van der Waals surface area contributed by atoms with Gasteiger partial charge >= 0.3 is 0 Å². The first-order valence-electron chi connectivity index (χ1n) is 11.7. The van der Waals surface area contributed by atoms with Crippen molar-refractivity contribution in [2.75, 3.05) is 27.7 Å². The van der Waals surface area contributed by atoms with E-state index in [9.17, 15) is 0 Å². The summed E-state index contributed by atoms with van der Waals surface area (Å²) in [6.07, 6.45) is 4.28. The van der Waals surface area contributed by atoms with Gasteiger partial charge < -0.3 is 9.64 Å². The zero-order chi connectivity index (χ0) is 23.9. The second-order valence-electron chi connectivity index (χ2n) is 8.91. The van der Waals surface area contributed by atoms with Crippen molar-refractivity contribution < 1.29 is 4.74 Å². The molecule has 3 aromatic carbocycles. The first-order valence-corrected chi connectivity index (χ1v) is 11.7. The fourth-order valence-electron chi connectivity index (χ4n) is 4.40. The second kappa shape index (κ2) is 11.2. The summed E-state index contributed by atoms with van der Waals surface area (Å²) in [4.78, 5) is 7.06. The van der Waals surface area contributed by atoms with Gasteiger partial charge in [-0.15, -0.1) is 0 Å². The maximum Gasteiger partial charge on any atom is 0.217 e. The number of likely N-dealkylation sites (N-methyl/N-ethyl adjacent to an activating group) is 1. The van der Waals surface area contributed by atoms with Crippen LogP contribution < -0.4 is 10.2 Å². The van der Waals surface area contributed by atoms with Gasteiger partial charge in [0.15, 0.2) is 0 Å². The van der Waals surface area contributed by atoms with Crippen LogP contribution in [-0.4, -0.2) is 45.5 Å². The lowest BCUT2D eigenvalue weighted by Gasteiger charge is -2.25. The number of benzene rings is 3. The predicted octanol–water partition coefficient (Wildman–Crippen LogP) is 5.29. The van der Waals surface area contributed by atoms with Crippen LogP contribution in [0.15, 0.2) is 96.6 Å². The minimum atomic E-state index is 0.0261. The van der Waals surface area contributed by atoms with Crippen molar-refractivity contribution in [3.8, 4) is 5.88 Å². The van der Waals surface area contributed by atoms with Crippen LogP contribution in [0, 0.1) is 0 Å². The molecule has 0 saturated heterocycles. The van der Waals surface area contributed by atoms with Gasteiger partial charge in [-0.3, -0.25) is 0 Å². The maximum atomic E-state index is 6.11. The number of rotatable bonds is 9. The molecule has 0 aliphatic carbocycles. The Morgan fingerprint density at radius 1 is 0.971 bits per heavy atom. The Hall–Kier alpha value is -3.37. The zero-order valence-electron chi connectivity index (χ0n) is 20.2. The minimum Gasteiger partial charge on any atom is -0.481 e. The molecule has 0 fully saturated rings. The first-order chi connectivity index (χ1) is 16.5. The topological polar surface area (TPSA) is 25.4 Å². The molecule has 0 N–H and O–H groups in total. The van der Waals surface area contributed by atoms with Crippen LogP contribution in [0.2, 0.25) is 0 Å². The predicted molar refractivity (Wildman–Crippen MR) is 143 cm³/mol. The van der Waals surface area contributed by atoms with Crippen LogP contribution in [0.3, 0.4) is 0 Å². The summed E-state index contributed by atoms with van der Waals surface area (Å²) in [5, 5.41) is 1.02. The lowest BCUT2D eigenvalue weighted by molar-refractivity contribution is 0.393. The van der Waals surface area contributed by atoms with E-state index < -0.39 is 0 Å². The van der Waals surface area contributed by atoms with Gasteiger partial charge in [-0.05, 0) is 50.2 Å². The molecule has 170 valence electrons. The molecular formula is C30H31BN2O. The van der Waals surface area contributed by atoms with Crippen LogP contribution in [0.25, 0.3) is 10.9 Å². The van der Waals surface area contributed by atoms with E-state index in [0.29, 0.717) is 5.88 Å². The first kappa shape index (κ1) is 23.8. The quantitative estimate of drug-likeness (QED) is 0.258.